The molecule has 1 saturated carbocycles. The SMILES string of the molecule is C[C@@H]1NC(=O)[C@@H](NC(=O)[C@@H]2CCC(=O)N2)Cc2ccc(cc2)OCCNC(=O)C2(CC2)NC(=O)[C@@H](Cc2ccccc2)NC1=O. The Morgan fingerprint density at radius 1 is 0.911 bits per heavy atom. The third kappa shape index (κ3) is 8.16. The molecule has 6 N–H and O–H groups in total. The van der Waals surface area contributed by atoms with Gasteiger partial charge in [0, 0.05) is 19.3 Å². The van der Waals surface area contributed by atoms with Gasteiger partial charge in [0.25, 0.3) is 0 Å². The number of rotatable bonds is 4. The van der Waals surface area contributed by atoms with Crippen molar-refractivity contribution >= 4 is 35.4 Å². The van der Waals surface area contributed by atoms with Crippen LogP contribution in [0.2, 0.25) is 0 Å². The predicted octanol–water partition coefficient (Wildman–Crippen LogP) is -0.618. The molecule has 0 radical (unpaired) electrons. The van der Waals surface area contributed by atoms with Gasteiger partial charge in [0.2, 0.25) is 35.4 Å². The Kier molecular flexibility index (Phi) is 9.65. The fraction of sp³-hybridized carbons (Fsp3) is 0.438. The zero-order valence-corrected chi connectivity index (χ0v) is 25.0. The van der Waals surface area contributed by atoms with Crippen LogP contribution in [0.4, 0.5) is 0 Å². The van der Waals surface area contributed by atoms with E-state index in [0.717, 1.165) is 5.56 Å². The molecule has 4 atom stereocenters. The van der Waals surface area contributed by atoms with Gasteiger partial charge in [-0.2, -0.15) is 0 Å². The van der Waals surface area contributed by atoms with Crippen LogP contribution < -0.4 is 36.6 Å². The van der Waals surface area contributed by atoms with Crippen LogP contribution >= 0.6 is 0 Å². The van der Waals surface area contributed by atoms with Gasteiger partial charge in [0.05, 0.1) is 6.54 Å². The fourth-order valence-electron chi connectivity index (χ4n) is 5.34. The summed E-state index contributed by atoms with van der Waals surface area (Å²) < 4.78 is 5.76. The van der Waals surface area contributed by atoms with Gasteiger partial charge in [-0.1, -0.05) is 42.5 Å². The average Bonchev–Trinajstić information content (AvgIpc) is 3.68. The lowest BCUT2D eigenvalue weighted by Gasteiger charge is -2.26. The van der Waals surface area contributed by atoms with Gasteiger partial charge in [-0.3, -0.25) is 28.8 Å². The molecule has 2 aromatic rings. The molecule has 1 spiro atoms. The molecule has 2 fully saturated rings. The molecule has 0 aromatic heterocycles. The van der Waals surface area contributed by atoms with Gasteiger partial charge in [0.1, 0.15) is 42.1 Å². The van der Waals surface area contributed by atoms with E-state index in [4.69, 9.17) is 4.74 Å². The Hall–Kier alpha value is -4.94. The summed E-state index contributed by atoms with van der Waals surface area (Å²) in [5.74, 6) is -2.25. The van der Waals surface area contributed by atoms with Crippen LogP contribution in [0.15, 0.2) is 54.6 Å². The maximum atomic E-state index is 13.5. The van der Waals surface area contributed by atoms with Gasteiger partial charge in [-0.25, -0.2) is 0 Å². The molecule has 13 nitrogen and oxygen atoms in total. The van der Waals surface area contributed by atoms with Crippen LogP contribution in [0, 0.1) is 0 Å². The maximum absolute atomic E-state index is 13.5. The van der Waals surface area contributed by atoms with Gasteiger partial charge in [-0.05, 0) is 49.4 Å². The minimum Gasteiger partial charge on any atom is -0.492 e. The van der Waals surface area contributed by atoms with E-state index in [-0.39, 0.29) is 44.2 Å². The smallest absolute Gasteiger partial charge is 0.245 e. The van der Waals surface area contributed by atoms with E-state index >= 15 is 0 Å². The van der Waals surface area contributed by atoms with Gasteiger partial charge in [0.15, 0.2) is 0 Å². The molecule has 238 valence electrons. The summed E-state index contributed by atoms with van der Waals surface area (Å²) >= 11 is 0. The van der Waals surface area contributed by atoms with Crippen molar-refractivity contribution in [1.29, 1.82) is 0 Å². The number of hydrogen-bond acceptors (Lipinski definition) is 7. The molecule has 6 amide bonds. The van der Waals surface area contributed by atoms with Crippen LogP contribution in [-0.4, -0.2) is 78.3 Å². The lowest BCUT2D eigenvalue weighted by Crippen LogP contribution is -2.59. The van der Waals surface area contributed by atoms with E-state index in [2.05, 4.69) is 31.9 Å². The van der Waals surface area contributed by atoms with Gasteiger partial charge >= 0.3 is 0 Å². The topological polar surface area (TPSA) is 184 Å². The zero-order valence-electron chi connectivity index (χ0n) is 25.0. The highest BCUT2D eigenvalue weighted by atomic mass is 16.5. The summed E-state index contributed by atoms with van der Waals surface area (Å²) in [5.41, 5.74) is 0.444. The Balaban J connectivity index is 1.37. The molecule has 2 bridgehead atoms. The van der Waals surface area contributed by atoms with Crippen molar-refractivity contribution < 1.29 is 33.5 Å². The van der Waals surface area contributed by atoms with E-state index in [1.807, 2.05) is 30.3 Å². The molecule has 0 unspecified atom stereocenters. The first-order chi connectivity index (χ1) is 21.6. The van der Waals surface area contributed by atoms with Crippen LogP contribution in [0.5, 0.6) is 5.75 Å². The molecular weight excluding hydrogens is 580 g/mol. The second kappa shape index (κ2) is 13.8. The largest absolute Gasteiger partial charge is 0.492 e. The molecule has 3 heterocycles. The lowest BCUT2D eigenvalue weighted by atomic mass is 10.0. The minimum atomic E-state index is -1.08. The van der Waals surface area contributed by atoms with Crippen molar-refractivity contribution in [3.63, 3.8) is 0 Å². The van der Waals surface area contributed by atoms with Crippen LogP contribution in [0.3, 0.4) is 0 Å². The van der Waals surface area contributed by atoms with E-state index in [0.29, 0.717) is 30.6 Å². The normalized spacial score (nSPS) is 25.6. The van der Waals surface area contributed by atoms with Crippen molar-refractivity contribution in [3.8, 4) is 5.75 Å². The Morgan fingerprint density at radius 3 is 2.31 bits per heavy atom. The van der Waals surface area contributed by atoms with E-state index in [1.54, 1.807) is 24.3 Å². The molecule has 3 aliphatic heterocycles. The first-order valence-electron chi connectivity index (χ1n) is 15.2. The monoisotopic (exact) mass is 618 g/mol. The Morgan fingerprint density at radius 2 is 1.64 bits per heavy atom. The Bertz CT molecular complexity index is 1440. The highest BCUT2D eigenvalue weighted by Gasteiger charge is 2.51. The lowest BCUT2D eigenvalue weighted by molar-refractivity contribution is -0.134. The number of carbonyl (C=O) groups excluding carboxylic acids is 6. The summed E-state index contributed by atoms with van der Waals surface area (Å²) in [7, 11) is 0. The van der Waals surface area contributed by atoms with Gasteiger partial charge in [-0.15, -0.1) is 0 Å². The first kappa shape index (κ1) is 31.5. The molecule has 45 heavy (non-hydrogen) atoms. The highest BCUT2D eigenvalue weighted by Crippen LogP contribution is 2.35. The van der Waals surface area contributed by atoms with E-state index in [9.17, 15) is 28.8 Å². The molecule has 13 heteroatoms. The van der Waals surface area contributed by atoms with Gasteiger partial charge < -0.3 is 36.6 Å². The first-order valence-corrected chi connectivity index (χ1v) is 15.2. The summed E-state index contributed by atoms with van der Waals surface area (Å²) in [6.45, 7) is 1.88. The van der Waals surface area contributed by atoms with E-state index < -0.39 is 53.3 Å². The molecular formula is C32H38N6O7. The third-order valence-corrected chi connectivity index (χ3v) is 8.18. The molecule has 1 saturated heterocycles. The minimum absolute atomic E-state index is 0.101. The summed E-state index contributed by atoms with van der Waals surface area (Å²) in [4.78, 5) is 78.0. The standard InChI is InChI=1S/C32H38N6O7/c1-19-27(40)36-25(17-20-5-3-2-4-6-20)30(43)38-32(13-14-32)31(44)33-15-16-45-22-9-7-21(8-10-22)18-24(29(42)34-19)37-28(41)23-11-12-26(39)35-23/h2-10,19,23-25H,11-18H2,1H3,(H,33,44)(H,34,42)(H,35,39)(H,36,40)(H,37,41)(H,38,43)/t19-,23-,24-,25+/m0/s1. The maximum Gasteiger partial charge on any atom is 0.245 e. The van der Waals surface area contributed by atoms with Crippen molar-refractivity contribution in [1.82, 2.24) is 31.9 Å². The van der Waals surface area contributed by atoms with Crippen molar-refractivity contribution in [2.75, 3.05) is 13.2 Å². The van der Waals surface area contributed by atoms with Crippen LogP contribution in [0.25, 0.3) is 0 Å². The average molecular weight is 619 g/mol. The zero-order chi connectivity index (χ0) is 32.0. The molecule has 6 rings (SSSR count). The second-order valence-electron chi connectivity index (χ2n) is 11.7. The van der Waals surface area contributed by atoms with Crippen LogP contribution in [-0.2, 0) is 41.6 Å². The third-order valence-electron chi connectivity index (χ3n) is 8.18. The number of nitrogens with one attached hydrogen (secondary N) is 6. The molecule has 1 aliphatic carbocycles. The number of amides is 6. The fourth-order valence-corrected chi connectivity index (χ4v) is 5.34. The predicted molar refractivity (Wildman–Crippen MR) is 162 cm³/mol. The number of fused-ring (bicyclic) bond motifs is 15. The highest BCUT2D eigenvalue weighted by molar-refractivity contribution is 5.98. The van der Waals surface area contributed by atoms with E-state index in [1.165, 1.54) is 6.92 Å². The van der Waals surface area contributed by atoms with Crippen molar-refractivity contribution in [3.05, 3.63) is 65.7 Å². The quantitative estimate of drug-likeness (QED) is 0.247. The van der Waals surface area contributed by atoms with Crippen molar-refractivity contribution in [2.45, 2.75) is 75.2 Å². The number of ether oxygens (including phenoxy) is 1. The number of benzene rings is 2. The Labute approximate surface area is 260 Å². The van der Waals surface area contributed by atoms with Crippen molar-refractivity contribution in [2.24, 2.45) is 0 Å². The molecule has 4 aliphatic rings. The number of carbonyl (C=O) groups is 6. The summed E-state index contributed by atoms with van der Waals surface area (Å²) in [6, 6.07) is 12.2. The second-order valence-corrected chi connectivity index (χ2v) is 11.7. The number of hydrogen-bond donors (Lipinski definition) is 6. The molecule has 2 aromatic carbocycles. The summed E-state index contributed by atoms with van der Waals surface area (Å²) in [5, 5.41) is 16.4. The van der Waals surface area contributed by atoms with Crippen LogP contribution in [0.1, 0.15) is 43.7 Å². The summed E-state index contributed by atoms with van der Waals surface area (Å²) in [6.07, 6.45) is 1.72.